The Bertz CT molecular complexity index is 2850. The van der Waals surface area contributed by atoms with Crippen LogP contribution in [0, 0.1) is 0 Å². The van der Waals surface area contributed by atoms with Crippen molar-refractivity contribution in [2.75, 3.05) is 0 Å². The van der Waals surface area contributed by atoms with Gasteiger partial charge in [0.2, 0.25) is 0 Å². The molecule has 2 aliphatic rings. The average molecular weight is 657 g/mol. The number of furan rings is 1. The van der Waals surface area contributed by atoms with Gasteiger partial charge in [-0.15, -0.1) is 0 Å². The van der Waals surface area contributed by atoms with E-state index in [-0.39, 0.29) is 12.0 Å². The van der Waals surface area contributed by atoms with Crippen molar-refractivity contribution in [3.63, 3.8) is 0 Å². The lowest BCUT2D eigenvalue weighted by atomic mass is 9.85. The molecule has 0 spiro atoms. The average Bonchev–Trinajstić information content (AvgIpc) is 3.87. The molecule has 0 amide bonds. The fourth-order valence-electron chi connectivity index (χ4n) is 7.89. The highest BCUT2D eigenvalue weighted by atomic mass is 16.5. The molecule has 0 bridgehead atoms. The number of para-hydroxylation sites is 3. The molecule has 0 saturated carbocycles. The van der Waals surface area contributed by atoms with Crippen LogP contribution in [0.1, 0.15) is 28.8 Å². The number of hydrogen-bond acceptors (Lipinski definition) is 5. The molecular formula is C45H28N4O2. The van der Waals surface area contributed by atoms with Crippen LogP contribution >= 0.6 is 0 Å². The lowest BCUT2D eigenvalue weighted by Gasteiger charge is -2.22. The van der Waals surface area contributed by atoms with Gasteiger partial charge in [-0.1, -0.05) is 97.1 Å². The van der Waals surface area contributed by atoms with E-state index in [2.05, 4.69) is 108 Å². The normalized spacial score (nSPS) is 15.9. The molecule has 3 aromatic heterocycles. The third-order valence-corrected chi connectivity index (χ3v) is 10.2. The highest BCUT2D eigenvalue weighted by molar-refractivity contribution is 6.05. The second-order valence-corrected chi connectivity index (χ2v) is 13.1. The van der Waals surface area contributed by atoms with Crippen molar-refractivity contribution in [3.05, 3.63) is 168 Å². The SMILES string of the molecule is C1=CC2c3cc(-c4nc(-c5ccccc5)nc(-c5ccc6c(c5)oc5ccccc56)n4)ccc3OC2c2c1n(-c1ccccc1)c1ccccc21. The first-order valence-electron chi connectivity index (χ1n) is 17.2. The van der Waals surface area contributed by atoms with Crippen LogP contribution in [0.25, 0.3) is 78.8 Å². The predicted molar refractivity (Wildman–Crippen MR) is 202 cm³/mol. The number of nitrogens with zero attached hydrogens (tertiary/aromatic N) is 4. The van der Waals surface area contributed by atoms with Crippen LogP contribution in [0.4, 0.5) is 0 Å². The largest absolute Gasteiger partial charge is 0.484 e. The molecule has 6 heteroatoms. The van der Waals surface area contributed by atoms with Gasteiger partial charge in [-0.3, -0.25) is 0 Å². The summed E-state index contributed by atoms with van der Waals surface area (Å²) in [4.78, 5) is 15.1. The summed E-state index contributed by atoms with van der Waals surface area (Å²) in [6.07, 6.45) is 4.41. The van der Waals surface area contributed by atoms with E-state index in [0.717, 1.165) is 61.3 Å². The number of aromatic nitrogens is 4. The molecule has 2 unspecified atom stereocenters. The van der Waals surface area contributed by atoms with Gasteiger partial charge in [0.15, 0.2) is 17.5 Å². The van der Waals surface area contributed by atoms with E-state index in [1.165, 1.54) is 16.5 Å². The number of rotatable bonds is 4. The Hall–Kier alpha value is -6.79. The number of ether oxygens (including phenoxy) is 1. The van der Waals surface area contributed by atoms with Gasteiger partial charge in [-0.2, -0.15) is 0 Å². The number of fused-ring (bicyclic) bond motifs is 10. The van der Waals surface area contributed by atoms with Crippen molar-refractivity contribution in [3.8, 4) is 45.6 Å². The first-order valence-corrected chi connectivity index (χ1v) is 17.2. The van der Waals surface area contributed by atoms with Gasteiger partial charge in [0.25, 0.3) is 0 Å². The zero-order chi connectivity index (χ0) is 33.5. The minimum absolute atomic E-state index is 0.0490. The molecule has 0 saturated heterocycles. The zero-order valence-electron chi connectivity index (χ0n) is 27.3. The third kappa shape index (κ3) is 4.33. The molecule has 0 fully saturated rings. The van der Waals surface area contributed by atoms with Crippen LogP contribution in [-0.4, -0.2) is 19.5 Å². The summed E-state index contributed by atoms with van der Waals surface area (Å²) in [5, 5.41) is 3.36. The van der Waals surface area contributed by atoms with Gasteiger partial charge in [-0.05, 0) is 60.7 Å². The van der Waals surface area contributed by atoms with E-state index in [1.54, 1.807) is 0 Å². The van der Waals surface area contributed by atoms with Crippen molar-refractivity contribution in [2.45, 2.75) is 12.0 Å². The second kappa shape index (κ2) is 10.9. The van der Waals surface area contributed by atoms with Gasteiger partial charge in [0, 0.05) is 55.6 Å². The summed E-state index contributed by atoms with van der Waals surface area (Å²) < 4.78 is 15.4. The Kier molecular flexibility index (Phi) is 5.98. The molecular weight excluding hydrogens is 629 g/mol. The maximum absolute atomic E-state index is 6.81. The molecule has 4 heterocycles. The molecule has 51 heavy (non-hydrogen) atoms. The van der Waals surface area contributed by atoms with Crippen molar-refractivity contribution < 1.29 is 9.15 Å². The maximum atomic E-state index is 6.81. The first kappa shape index (κ1) is 28.1. The summed E-state index contributed by atoms with van der Waals surface area (Å²) in [5.41, 5.74) is 10.2. The first-order chi connectivity index (χ1) is 25.3. The lowest BCUT2D eigenvalue weighted by Crippen LogP contribution is -2.13. The Balaban J connectivity index is 1.03. The van der Waals surface area contributed by atoms with E-state index < -0.39 is 0 Å². The Morgan fingerprint density at radius 1 is 0.529 bits per heavy atom. The van der Waals surface area contributed by atoms with E-state index in [1.807, 2.05) is 54.6 Å². The molecule has 6 nitrogen and oxygen atoms in total. The minimum Gasteiger partial charge on any atom is -0.484 e. The molecule has 11 rings (SSSR count). The molecule has 2 atom stereocenters. The Morgan fingerprint density at radius 3 is 2.00 bits per heavy atom. The summed E-state index contributed by atoms with van der Waals surface area (Å²) in [6, 6.07) is 49.8. The van der Waals surface area contributed by atoms with Gasteiger partial charge in [0.1, 0.15) is 23.0 Å². The monoisotopic (exact) mass is 656 g/mol. The van der Waals surface area contributed by atoms with Gasteiger partial charge >= 0.3 is 0 Å². The lowest BCUT2D eigenvalue weighted by molar-refractivity contribution is 0.224. The standard InChI is InChI=1S/C45H28N4O2/c1-3-11-27(12-4-1)43-46-44(48-45(47-43)29-19-21-32-31-15-8-10-18-38(31)50-40(32)26-29)28-20-24-39-35(25-28)33-22-23-37-41(42(33)51-39)34-16-7-9-17-36(34)49(37)30-13-5-2-6-14-30/h1-26,33,42H. The van der Waals surface area contributed by atoms with E-state index >= 15 is 0 Å². The molecule has 0 radical (unpaired) electrons. The van der Waals surface area contributed by atoms with E-state index in [9.17, 15) is 0 Å². The Labute approximate surface area is 293 Å². The van der Waals surface area contributed by atoms with Crippen LogP contribution in [-0.2, 0) is 0 Å². The van der Waals surface area contributed by atoms with Crippen molar-refractivity contribution >= 4 is 38.9 Å². The zero-order valence-corrected chi connectivity index (χ0v) is 27.3. The van der Waals surface area contributed by atoms with Crippen molar-refractivity contribution in [1.82, 2.24) is 19.5 Å². The van der Waals surface area contributed by atoms with Gasteiger partial charge in [0.05, 0.1) is 11.2 Å². The van der Waals surface area contributed by atoms with Crippen LogP contribution in [0.2, 0.25) is 0 Å². The molecule has 9 aromatic rings. The van der Waals surface area contributed by atoms with Gasteiger partial charge < -0.3 is 13.7 Å². The number of benzene rings is 6. The fourth-order valence-corrected chi connectivity index (χ4v) is 7.89. The van der Waals surface area contributed by atoms with Crippen molar-refractivity contribution in [2.24, 2.45) is 0 Å². The molecule has 1 aliphatic heterocycles. The quantitative estimate of drug-likeness (QED) is 0.189. The topological polar surface area (TPSA) is 66.0 Å². The van der Waals surface area contributed by atoms with Crippen molar-refractivity contribution in [1.29, 1.82) is 0 Å². The van der Waals surface area contributed by atoms with Gasteiger partial charge in [-0.25, -0.2) is 15.0 Å². The van der Waals surface area contributed by atoms with E-state index in [4.69, 9.17) is 24.1 Å². The molecule has 240 valence electrons. The Morgan fingerprint density at radius 2 is 1.18 bits per heavy atom. The smallest absolute Gasteiger partial charge is 0.164 e. The maximum Gasteiger partial charge on any atom is 0.164 e. The minimum atomic E-state index is -0.144. The van der Waals surface area contributed by atoms with Crippen LogP contribution in [0.15, 0.2) is 156 Å². The molecule has 0 N–H and O–H groups in total. The van der Waals surface area contributed by atoms with E-state index in [0.29, 0.717) is 17.5 Å². The fraction of sp³-hybridized carbons (Fsp3) is 0.0444. The summed E-state index contributed by atoms with van der Waals surface area (Å²) in [7, 11) is 0. The van der Waals surface area contributed by atoms with Crippen LogP contribution in [0.3, 0.4) is 0 Å². The highest BCUT2D eigenvalue weighted by Gasteiger charge is 2.40. The highest BCUT2D eigenvalue weighted by Crippen LogP contribution is 2.53. The summed E-state index contributed by atoms with van der Waals surface area (Å²) in [6.45, 7) is 0. The van der Waals surface area contributed by atoms with Crippen LogP contribution in [0.5, 0.6) is 5.75 Å². The number of hydrogen-bond donors (Lipinski definition) is 0. The summed E-state index contributed by atoms with van der Waals surface area (Å²) in [5.74, 6) is 2.75. The summed E-state index contributed by atoms with van der Waals surface area (Å²) >= 11 is 0. The molecule has 1 aliphatic carbocycles. The van der Waals surface area contributed by atoms with Crippen LogP contribution < -0.4 is 4.74 Å². The second-order valence-electron chi connectivity index (χ2n) is 13.1. The molecule has 6 aromatic carbocycles. The third-order valence-electron chi connectivity index (χ3n) is 10.2. The predicted octanol–water partition coefficient (Wildman–Crippen LogP) is 11.0.